The minimum absolute atomic E-state index is 0.0628. The molecule has 1 N–H and O–H groups in total. The van der Waals surface area contributed by atoms with Gasteiger partial charge in [-0.15, -0.1) is 0 Å². The number of hydrogen-bond acceptors (Lipinski definition) is 3. The van der Waals surface area contributed by atoms with Gasteiger partial charge in [-0.1, -0.05) is 57.2 Å². The highest BCUT2D eigenvalue weighted by molar-refractivity contribution is 5.92. The zero-order chi connectivity index (χ0) is 20.6. The van der Waals surface area contributed by atoms with Crippen LogP contribution in [0, 0.1) is 0 Å². The predicted molar refractivity (Wildman–Crippen MR) is 116 cm³/mol. The van der Waals surface area contributed by atoms with Crippen LogP contribution < -0.4 is 0 Å². The summed E-state index contributed by atoms with van der Waals surface area (Å²) in [6.45, 7) is 6.51. The summed E-state index contributed by atoms with van der Waals surface area (Å²) in [5.41, 5.74) is 6.31. The Bertz CT molecular complexity index is 1210. The van der Waals surface area contributed by atoms with E-state index in [9.17, 15) is 9.90 Å². The molecule has 0 aliphatic rings. The van der Waals surface area contributed by atoms with Crippen molar-refractivity contribution in [2.24, 2.45) is 0 Å². The van der Waals surface area contributed by atoms with E-state index >= 15 is 0 Å². The fraction of sp³-hybridized carbons (Fsp3) is 0.160. The molecule has 0 aliphatic carbocycles. The Labute approximate surface area is 169 Å². The zero-order valence-electron chi connectivity index (χ0n) is 16.7. The minimum Gasteiger partial charge on any atom is -0.478 e. The van der Waals surface area contributed by atoms with Gasteiger partial charge in [-0.2, -0.15) is 0 Å². The quantitative estimate of drug-likeness (QED) is 0.475. The maximum atomic E-state index is 11.7. The lowest BCUT2D eigenvalue weighted by Crippen LogP contribution is -2.10. The first-order valence-corrected chi connectivity index (χ1v) is 9.53. The third kappa shape index (κ3) is 3.87. The lowest BCUT2D eigenvalue weighted by molar-refractivity contribution is 0.0697. The van der Waals surface area contributed by atoms with E-state index in [4.69, 9.17) is 0 Å². The molecule has 3 aromatic carbocycles. The number of hydrogen-bond donors (Lipinski definition) is 1. The molecule has 4 heteroatoms. The molecule has 0 atom stereocenters. The fourth-order valence-electron chi connectivity index (χ4n) is 3.32. The molecule has 1 aromatic heterocycles. The Morgan fingerprint density at radius 1 is 0.828 bits per heavy atom. The molecule has 4 nitrogen and oxygen atoms in total. The summed E-state index contributed by atoms with van der Waals surface area (Å²) in [5, 5.41) is 9.61. The van der Waals surface area contributed by atoms with Crippen LogP contribution in [0.5, 0.6) is 0 Å². The second kappa shape index (κ2) is 7.13. The summed E-state index contributed by atoms with van der Waals surface area (Å²) in [6.07, 6.45) is 1.69. The smallest absolute Gasteiger partial charge is 0.335 e. The number of benzene rings is 3. The highest BCUT2D eigenvalue weighted by atomic mass is 16.4. The molecule has 0 unspecified atom stereocenters. The fourth-order valence-corrected chi connectivity index (χ4v) is 3.32. The second-order valence-corrected chi connectivity index (χ2v) is 8.18. The number of para-hydroxylation sites is 2. The minimum atomic E-state index is -0.965. The van der Waals surface area contributed by atoms with Crippen molar-refractivity contribution in [2.75, 3.05) is 0 Å². The Morgan fingerprint density at radius 3 is 2.14 bits per heavy atom. The average molecular weight is 382 g/mol. The molecule has 4 aromatic rings. The van der Waals surface area contributed by atoms with E-state index < -0.39 is 5.97 Å². The normalized spacial score (nSPS) is 11.6. The van der Waals surface area contributed by atoms with Crippen LogP contribution in [0.25, 0.3) is 33.4 Å². The molecule has 0 bridgehead atoms. The molecule has 0 aliphatic heterocycles. The third-order valence-electron chi connectivity index (χ3n) is 5.01. The van der Waals surface area contributed by atoms with E-state index in [2.05, 4.69) is 42.9 Å². The van der Waals surface area contributed by atoms with Crippen molar-refractivity contribution in [3.63, 3.8) is 0 Å². The lowest BCUT2D eigenvalue weighted by Gasteiger charge is -2.19. The first-order valence-electron chi connectivity index (χ1n) is 9.53. The molecule has 29 heavy (non-hydrogen) atoms. The Hall–Kier alpha value is -3.53. The molecule has 0 fully saturated rings. The summed E-state index contributed by atoms with van der Waals surface area (Å²) in [7, 11) is 0. The van der Waals surface area contributed by atoms with Gasteiger partial charge in [0.2, 0.25) is 0 Å². The summed E-state index contributed by atoms with van der Waals surface area (Å²) in [4.78, 5) is 20.9. The van der Waals surface area contributed by atoms with E-state index in [1.165, 1.54) is 5.56 Å². The van der Waals surface area contributed by atoms with Crippen molar-refractivity contribution in [1.82, 2.24) is 9.97 Å². The van der Waals surface area contributed by atoms with E-state index in [-0.39, 0.29) is 11.0 Å². The summed E-state index contributed by atoms with van der Waals surface area (Å²) in [5.74, 6) is -0.965. The van der Waals surface area contributed by atoms with Crippen LogP contribution in [-0.4, -0.2) is 21.0 Å². The number of rotatable bonds is 3. The van der Waals surface area contributed by atoms with Crippen LogP contribution in [0.1, 0.15) is 36.7 Å². The molecular formula is C25H22N2O2. The topological polar surface area (TPSA) is 63.1 Å². The van der Waals surface area contributed by atoms with Crippen molar-refractivity contribution < 1.29 is 9.90 Å². The van der Waals surface area contributed by atoms with Gasteiger partial charge in [-0.3, -0.25) is 4.98 Å². The molecular weight excluding hydrogens is 360 g/mol. The molecule has 4 rings (SSSR count). The van der Waals surface area contributed by atoms with Crippen molar-refractivity contribution in [3.05, 3.63) is 84.1 Å². The zero-order valence-corrected chi connectivity index (χ0v) is 16.7. The number of fused-ring (bicyclic) bond motifs is 1. The van der Waals surface area contributed by atoms with Crippen LogP contribution in [0.3, 0.4) is 0 Å². The number of carboxylic acids is 1. The van der Waals surface area contributed by atoms with Crippen LogP contribution in [-0.2, 0) is 5.41 Å². The summed E-state index contributed by atoms with van der Waals surface area (Å²) in [6, 6.07) is 21.2. The van der Waals surface area contributed by atoms with Gasteiger partial charge in [-0.05, 0) is 52.4 Å². The van der Waals surface area contributed by atoms with Gasteiger partial charge in [-0.25, -0.2) is 9.78 Å². The van der Waals surface area contributed by atoms with Crippen LogP contribution in [0.15, 0.2) is 72.9 Å². The van der Waals surface area contributed by atoms with Gasteiger partial charge < -0.3 is 5.11 Å². The standard InChI is InChI=1S/C25H22N2O2/c1-25(2,3)20-10-8-16(9-11-20)17-12-18(14-19(13-17)24(28)29)23-15-26-21-6-4-5-7-22(21)27-23/h4-15H,1-3H3,(H,28,29). The van der Waals surface area contributed by atoms with Gasteiger partial charge in [0.1, 0.15) is 0 Å². The Balaban J connectivity index is 1.83. The second-order valence-electron chi connectivity index (χ2n) is 8.18. The highest BCUT2D eigenvalue weighted by Gasteiger charge is 2.15. The number of aromatic carboxylic acids is 1. The van der Waals surface area contributed by atoms with Crippen LogP contribution in [0.2, 0.25) is 0 Å². The first kappa shape index (κ1) is 18.8. The highest BCUT2D eigenvalue weighted by Crippen LogP contribution is 2.30. The lowest BCUT2D eigenvalue weighted by atomic mass is 9.86. The van der Waals surface area contributed by atoms with Crippen molar-refractivity contribution in [2.45, 2.75) is 26.2 Å². The van der Waals surface area contributed by atoms with E-state index in [1.807, 2.05) is 42.5 Å². The van der Waals surface area contributed by atoms with E-state index in [0.717, 1.165) is 27.7 Å². The van der Waals surface area contributed by atoms with Crippen molar-refractivity contribution in [1.29, 1.82) is 0 Å². The van der Waals surface area contributed by atoms with Gasteiger partial charge in [0.15, 0.2) is 0 Å². The number of carboxylic acid groups (broad SMARTS) is 1. The molecule has 1 heterocycles. The maximum absolute atomic E-state index is 11.7. The summed E-state index contributed by atoms with van der Waals surface area (Å²) >= 11 is 0. The molecule has 0 spiro atoms. The van der Waals surface area contributed by atoms with Gasteiger partial charge in [0.05, 0.1) is 28.5 Å². The number of nitrogens with zero attached hydrogens (tertiary/aromatic N) is 2. The van der Waals surface area contributed by atoms with Gasteiger partial charge in [0, 0.05) is 5.56 Å². The maximum Gasteiger partial charge on any atom is 0.335 e. The van der Waals surface area contributed by atoms with Crippen molar-refractivity contribution in [3.8, 4) is 22.4 Å². The Kier molecular flexibility index (Phi) is 4.63. The number of aromatic nitrogens is 2. The number of carbonyl (C=O) groups is 1. The summed E-state index contributed by atoms with van der Waals surface area (Å²) < 4.78 is 0. The molecule has 0 radical (unpaired) electrons. The SMILES string of the molecule is CC(C)(C)c1ccc(-c2cc(C(=O)O)cc(-c3cnc4ccccc4n3)c2)cc1. The van der Waals surface area contributed by atoms with Crippen molar-refractivity contribution >= 4 is 17.0 Å². The molecule has 0 amide bonds. The van der Waals surface area contributed by atoms with Gasteiger partial charge >= 0.3 is 5.97 Å². The predicted octanol–water partition coefficient (Wildman–Crippen LogP) is 5.96. The molecule has 0 saturated heterocycles. The average Bonchev–Trinajstić information content (AvgIpc) is 2.72. The first-order chi connectivity index (χ1) is 13.8. The Morgan fingerprint density at radius 2 is 1.48 bits per heavy atom. The van der Waals surface area contributed by atoms with E-state index in [1.54, 1.807) is 18.3 Å². The van der Waals surface area contributed by atoms with Crippen LogP contribution >= 0.6 is 0 Å². The monoisotopic (exact) mass is 382 g/mol. The molecule has 0 saturated carbocycles. The molecule has 144 valence electrons. The van der Waals surface area contributed by atoms with Crippen LogP contribution in [0.4, 0.5) is 0 Å². The van der Waals surface area contributed by atoms with Gasteiger partial charge in [0.25, 0.3) is 0 Å². The van der Waals surface area contributed by atoms with E-state index in [0.29, 0.717) is 5.69 Å². The largest absolute Gasteiger partial charge is 0.478 e. The third-order valence-corrected chi connectivity index (χ3v) is 5.01.